The van der Waals surface area contributed by atoms with E-state index in [4.69, 9.17) is 4.74 Å². The summed E-state index contributed by atoms with van der Waals surface area (Å²) < 4.78 is 5.90. The maximum atomic E-state index is 5.90. The number of likely N-dealkylation sites (N-methyl/N-ethyl adjacent to an activating group) is 1. The maximum absolute atomic E-state index is 5.90. The molecule has 1 heterocycles. The predicted octanol–water partition coefficient (Wildman–Crippen LogP) is 1.44. The molecule has 0 saturated carbocycles. The minimum absolute atomic E-state index is 0.105. The first kappa shape index (κ1) is 12.9. The highest BCUT2D eigenvalue weighted by Crippen LogP contribution is 2.23. The van der Waals surface area contributed by atoms with E-state index < -0.39 is 0 Å². The molecule has 15 heavy (non-hydrogen) atoms. The summed E-state index contributed by atoms with van der Waals surface area (Å²) in [5.74, 6) is 0. The molecule has 0 aromatic heterocycles. The summed E-state index contributed by atoms with van der Waals surface area (Å²) >= 11 is 0. The fraction of sp³-hybridized carbons (Fsp3) is 1.00. The first-order valence-electron chi connectivity index (χ1n) is 5.88. The van der Waals surface area contributed by atoms with E-state index >= 15 is 0 Å². The van der Waals surface area contributed by atoms with Crippen LogP contribution in [0.4, 0.5) is 0 Å². The van der Waals surface area contributed by atoms with Gasteiger partial charge in [0.2, 0.25) is 0 Å². The standard InChI is InChI=1S/C12H26N2O/c1-10(2)14-7-8-15-11(9-14)12(3,4)13(5)6/h10-11H,7-9H2,1-6H3. The van der Waals surface area contributed by atoms with Gasteiger partial charge >= 0.3 is 0 Å². The van der Waals surface area contributed by atoms with Crippen molar-refractivity contribution in [2.75, 3.05) is 33.8 Å². The summed E-state index contributed by atoms with van der Waals surface area (Å²) in [6.45, 7) is 12.0. The first-order valence-corrected chi connectivity index (χ1v) is 5.88. The van der Waals surface area contributed by atoms with Crippen LogP contribution in [0, 0.1) is 0 Å². The van der Waals surface area contributed by atoms with Crippen molar-refractivity contribution < 1.29 is 4.74 Å². The summed E-state index contributed by atoms with van der Waals surface area (Å²) in [5, 5.41) is 0. The average molecular weight is 214 g/mol. The summed E-state index contributed by atoms with van der Waals surface area (Å²) in [5.41, 5.74) is 0.105. The molecule has 1 unspecified atom stereocenters. The van der Waals surface area contributed by atoms with Gasteiger partial charge in [0, 0.05) is 24.7 Å². The van der Waals surface area contributed by atoms with E-state index in [2.05, 4.69) is 51.6 Å². The lowest BCUT2D eigenvalue weighted by molar-refractivity contribution is -0.0991. The third kappa shape index (κ3) is 2.92. The van der Waals surface area contributed by atoms with Crippen LogP contribution in [0.3, 0.4) is 0 Å². The van der Waals surface area contributed by atoms with Gasteiger partial charge in [-0.3, -0.25) is 4.90 Å². The van der Waals surface area contributed by atoms with Crippen molar-refractivity contribution in [2.45, 2.75) is 45.4 Å². The quantitative estimate of drug-likeness (QED) is 0.707. The summed E-state index contributed by atoms with van der Waals surface area (Å²) in [6, 6.07) is 0.620. The molecule has 3 nitrogen and oxygen atoms in total. The second kappa shape index (κ2) is 4.81. The van der Waals surface area contributed by atoms with Crippen LogP contribution in [0.1, 0.15) is 27.7 Å². The van der Waals surface area contributed by atoms with Crippen LogP contribution in [-0.4, -0.2) is 61.3 Å². The van der Waals surface area contributed by atoms with Gasteiger partial charge in [-0.25, -0.2) is 0 Å². The van der Waals surface area contributed by atoms with E-state index in [0.29, 0.717) is 12.1 Å². The van der Waals surface area contributed by atoms with Crippen LogP contribution in [0.2, 0.25) is 0 Å². The summed E-state index contributed by atoms with van der Waals surface area (Å²) in [6.07, 6.45) is 0.309. The van der Waals surface area contributed by atoms with Crippen LogP contribution in [0.15, 0.2) is 0 Å². The zero-order valence-corrected chi connectivity index (χ0v) is 11.1. The maximum Gasteiger partial charge on any atom is 0.0880 e. The zero-order valence-electron chi connectivity index (χ0n) is 11.1. The lowest BCUT2D eigenvalue weighted by Gasteiger charge is -2.45. The Hall–Kier alpha value is -0.120. The number of hydrogen-bond donors (Lipinski definition) is 0. The van der Waals surface area contributed by atoms with Gasteiger partial charge in [-0.05, 0) is 41.8 Å². The van der Waals surface area contributed by atoms with E-state index in [9.17, 15) is 0 Å². The summed E-state index contributed by atoms with van der Waals surface area (Å²) in [4.78, 5) is 4.75. The largest absolute Gasteiger partial charge is 0.374 e. The molecule has 1 rings (SSSR count). The van der Waals surface area contributed by atoms with Gasteiger partial charge in [-0.1, -0.05) is 0 Å². The van der Waals surface area contributed by atoms with E-state index in [1.807, 2.05) is 0 Å². The molecule has 1 saturated heterocycles. The van der Waals surface area contributed by atoms with E-state index in [-0.39, 0.29) is 5.54 Å². The number of morpholine rings is 1. The van der Waals surface area contributed by atoms with E-state index in [0.717, 1.165) is 19.7 Å². The van der Waals surface area contributed by atoms with Crippen molar-refractivity contribution >= 4 is 0 Å². The van der Waals surface area contributed by atoms with Gasteiger partial charge in [-0.2, -0.15) is 0 Å². The van der Waals surface area contributed by atoms with Crippen LogP contribution in [0.25, 0.3) is 0 Å². The number of hydrogen-bond acceptors (Lipinski definition) is 3. The molecule has 0 amide bonds. The molecule has 0 bridgehead atoms. The highest BCUT2D eigenvalue weighted by atomic mass is 16.5. The summed E-state index contributed by atoms with van der Waals surface area (Å²) in [7, 11) is 4.25. The molecule has 0 spiro atoms. The molecule has 1 aliphatic heterocycles. The predicted molar refractivity (Wildman–Crippen MR) is 64.2 cm³/mol. The van der Waals surface area contributed by atoms with Crippen molar-refractivity contribution in [2.24, 2.45) is 0 Å². The second-order valence-electron chi connectivity index (χ2n) is 5.50. The Bertz CT molecular complexity index is 202. The van der Waals surface area contributed by atoms with Gasteiger partial charge in [0.15, 0.2) is 0 Å². The fourth-order valence-corrected chi connectivity index (χ4v) is 1.85. The second-order valence-corrected chi connectivity index (χ2v) is 5.50. The topological polar surface area (TPSA) is 15.7 Å². The average Bonchev–Trinajstić information content (AvgIpc) is 2.17. The molecule has 0 N–H and O–H groups in total. The van der Waals surface area contributed by atoms with E-state index in [1.54, 1.807) is 0 Å². The Morgan fingerprint density at radius 2 is 1.93 bits per heavy atom. The SMILES string of the molecule is CC(C)N1CCOC(C(C)(C)N(C)C)C1. The smallest absolute Gasteiger partial charge is 0.0880 e. The van der Waals surface area contributed by atoms with Crippen LogP contribution < -0.4 is 0 Å². The molecule has 1 fully saturated rings. The Morgan fingerprint density at radius 1 is 1.33 bits per heavy atom. The molecule has 0 aromatic carbocycles. The third-order valence-electron chi connectivity index (χ3n) is 3.77. The van der Waals surface area contributed by atoms with Gasteiger partial charge in [0.1, 0.15) is 0 Å². The molecule has 1 atom stereocenters. The minimum atomic E-state index is 0.105. The monoisotopic (exact) mass is 214 g/mol. The molecule has 90 valence electrons. The van der Waals surface area contributed by atoms with Crippen molar-refractivity contribution in [1.82, 2.24) is 9.80 Å². The molecular formula is C12H26N2O. The lowest BCUT2D eigenvalue weighted by Crippen LogP contribution is -2.58. The normalized spacial score (nSPS) is 25.2. The number of rotatable bonds is 3. The third-order valence-corrected chi connectivity index (χ3v) is 3.77. The molecule has 3 heteroatoms. The highest BCUT2D eigenvalue weighted by molar-refractivity contribution is 4.91. The highest BCUT2D eigenvalue weighted by Gasteiger charge is 2.36. The molecule has 0 radical (unpaired) electrons. The Labute approximate surface area is 94.4 Å². The lowest BCUT2D eigenvalue weighted by atomic mass is 9.94. The molecule has 1 aliphatic rings. The fourth-order valence-electron chi connectivity index (χ4n) is 1.85. The van der Waals surface area contributed by atoms with Crippen molar-refractivity contribution in [3.63, 3.8) is 0 Å². The van der Waals surface area contributed by atoms with E-state index in [1.165, 1.54) is 0 Å². The number of ether oxygens (including phenoxy) is 1. The van der Waals surface area contributed by atoms with Crippen LogP contribution in [-0.2, 0) is 4.74 Å². The van der Waals surface area contributed by atoms with Crippen LogP contribution >= 0.6 is 0 Å². The minimum Gasteiger partial charge on any atom is -0.374 e. The van der Waals surface area contributed by atoms with Gasteiger partial charge in [0.05, 0.1) is 12.7 Å². The Kier molecular flexibility index (Phi) is 4.15. The number of nitrogens with zero attached hydrogens (tertiary/aromatic N) is 2. The molecule has 0 aliphatic carbocycles. The zero-order chi connectivity index (χ0) is 11.6. The van der Waals surface area contributed by atoms with Crippen molar-refractivity contribution in [3.8, 4) is 0 Å². The van der Waals surface area contributed by atoms with Gasteiger partial charge in [0.25, 0.3) is 0 Å². The molecule has 0 aromatic rings. The van der Waals surface area contributed by atoms with Gasteiger partial charge < -0.3 is 9.64 Å². The Morgan fingerprint density at radius 3 is 2.40 bits per heavy atom. The van der Waals surface area contributed by atoms with Crippen molar-refractivity contribution in [1.29, 1.82) is 0 Å². The Balaban J connectivity index is 2.63. The van der Waals surface area contributed by atoms with Crippen molar-refractivity contribution in [3.05, 3.63) is 0 Å². The van der Waals surface area contributed by atoms with Gasteiger partial charge in [-0.15, -0.1) is 0 Å². The van der Waals surface area contributed by atoms with Crippen LogP contribution in [0.5, 0.6) is 0 Å². The molecular weight excluding hydrogens is 188 g/mol. The first-order chi connectivity index (χ1) is 6.85.